The Morgan fingerprint density at radius 2 is 1.81 bits per heavy atom. The van der Waals surface area contributed by atoms with Crippen LogP contribution in [0.4, 0.5) is 0 Å². The van der Waals surface area contributed by atoms with Gasteiger partial charge in [-0.15, -0.1) is 0 Å². The number of aliphatic hydroxyl groups is 1. The van der Waals surface area contributed by atoms with E-state index in [0.717, 1.165) is 68.0 Å². The zero-order chi connectivity index (χ0) is 22.8. The van der Waals surface area contributed by atoms with Crippen molar-refractivity contribution in [3.8, 4) is 11.8 Å². The number of methoxy groups -OCH3 is 1. The van der Waals surface area contributed by atoms with Crippen molar-refractivity contribution in [3.63, 3.8) is 0 Å². The minimum atomic E-state index is 0.0700. The maximum absolute atomic E-state index is 13.1. The molecule has 0 amide bonds. The molecule has 0 bridgehead atoms. The van der Waals surface area contributed by atoms with E-state index in [1.807, 2.05) is 36.4 Å². The molecule has 1 aliphatic heterocycles. The van der Waals surface area contributed by atoms with Gasteiger partial charge in [0.15, 0.2) is 5.78 Å². The van der Waals surface area contributed by atoms with Crippen LogP contribution in [0.1, 0.15) is 56.3 Å². The Morgan fingerprint density at radius 3 is 2.45 bits per heavy atom. The Bertz CT molecular complexity index is 884. The molecule has 0 spiro atoms. The zero-order valence-electron chi connectivity index (χ0n) is 19.3. The number of rotatable bonds is 4. The fourth-order valence-corrected chi connectivity index (χ4v) is 4.28. The van der Waals surface area contributed by atoms with Crippen molar-refractivity contribution >= 4 is 16.6 Å². The third kappa shape index (κ3) is 6.29. The lowest BCUT2D eigenvalue weighted by Gasteiger charge is -2.44. The molecular formula is C26H36N2O3. The summed E-state index contributed by atoms with van der Waals surface area (Å²) in [4.78, 5) is 15.5. The van der Waals surface area contributed by atoms with E-state index in [-0.39, 0.29) is 17.6 Å². The molecule has 1 saturated carbocycles. The lowest BCUT2D eigenvalue weighted by Crippen LogP contribution is -2.50. The van der Waals surface area contributed by atoms with Crippen LogP contribution < -0.4 is 4.74 Å². The summed E-state index contributed by atoms with van der Waals surface area (Å²) in [6.45, 7) is 6.15. The minimum Gasteiger partial charge on any atom is -0.497 e. The van der Waals surface area contributed by atoms with E-state index in [9.17, 15) is 4.79 Å². The lowest BCUT2D eigenvalue weighted by atomic mass is 9.78. The van der Waals surface area contributed by atoms with Crippen LogP contribution in [0, 0.1) is 23.2 Å². The van der Waals surface area contributed by atoms with Gasteiger partial charge in [-0.2, -0.15) is 5.26 Å². The number of ether oxygens (including phenoxy) is 1. The number of fused-ring (bicyclic) bond motifs is 1. The monoisotopic (exact) mass is 424 g/mol. The van der Waals surface area contributed by atoms with Crippen LogP contribution >= 0.6 is 0 Å². The number of piperidine rings is 1. The lowest BCUT2D eigenvalue weighted by molar-refractivity contribution is 0.0507. The molecule has 2 aromatic rings. The molecular weight excluding hydrogens is 388 g/mol. The summed E-state index contributed by atoms with van der Waals surface area (Å²) in [5, 5.41) is 18.1. The summed E-state index contributed by atoms with van der Waals surface area (Å²) in [7, 11) is 2.66. The van der Waals surface area contributed by atoms with Crippen molar-refractivity contribution in [2.24, 2.45) is 11.8 Å². The van der Waals surface area contributed by atoms with Gasteiger partial charge in [-0.05, 0) is 61.2 Å². The van der Waals surface area contributed by atoms with Crippen LogP contribution in [0.5, 0.6) is 5.75 Å². The predicted molar refractivity (Wildman–Crippen MR) is 125 cm³/mol. The average molecular weight is 425 g/mol. The Balaban J connectivity index is 0.000000630. The highest BCUT2D eigenvalue weighted by Gasteiger charge is 2.37. The normalized spacial score (nSPS) is 22.6. The SMILES string of the molecule is CCC.CO.COc1ccc2cc(C(=O)C3CCCN(C4CC(C#N)C4)C3)ccc2c1. The molecule has 0 aromatic heterocycles. The quantitative estimate of drug-likeness (QED) is 0.694. The highest BCUT2D eigenvalue weighted by Crippen LogP contribution is 2.34. The highest BCUT2D eigenvalue weighted by atomic mass is 16.5. The second kappa shape index (κ2) is 12.4. The molecule has 1 aliphatic carbocycles. The first-order valence-corrected chi connectivity index (χ1v) is 11.3. The van der Waals surface area contributed by atoms with Crippen LogP contribution in [0.2, 0.25) is 0 Å². The molecule has 168 valence electrons. The smallest absolute Gasteiger partial charge is 0.167 e. The van der Waals surface area contributed by atoms with Crippen molar-refractivity contribution in [2.45, 2.75) is 52.0 Å². The first-order chi connectivity index (χ1) is 15.1. The first-order valence-electron chi connectivity index (χ1n) is 11.3. The molecule has 1 heterocycles. The van der Waals surface area contributed by atoms with Crippen LogP contribution in [0.25, 0.3) is 10.8 Å². The third-order valence-electron chi connectivity index (χ3n) is 5.97. The number of likely N-dealkylation sites (tertiary alicyclic amines) is 1. The van der Waals surface area contributed by atoms with Crippen molar-refractivity contribution in [3.05, 3.63) is 42.0 Å². The first kappa shape index (κ1) is 24.8. The number of Topliss-reactive ketones (excluding diaryl/α,β-unsaturated/α-hetero) is 1. The van der Waals surface area contributed by atoms with Gasteiger partial charge in [0.2, 0.25) is 0 Å². The molecule has 2 aromatic carbocycles. The largest absolute Gasteiger partial charge is 0.497 e. The summed E-state index contributed by atoms with van der Waals surface area (Å²) in [6.07, 6.45) is 5.21. The van der Waals surface area contributed by atoms with Gasteiger partial charge in [0.05, 0.1) is 13.2 Å². The number of hydrogen-bond acceptors (Lipinski definition) is 5. The molecule has 4 rings (SSSR count). The van der Waals surface area contributed by atoms with Crippen LogP contribution in [-0.2, 0) is 0 Å². The van der Waals surface area contributed by atoms with Gasteiger partial charge in [-0.1, -0.05) is 38.5 Å². The van der Waals surface area contributed by atoms with Crippen LogP contribution in [-0.4, -0.2) is 49.1 Å². The molecule has 1 unspecified atom stereocenters. The maximum atomic E-state index is 13.1. The number of carbonyl (C=O) groups is 1. The molecule has 2 aliphatic rings. The molecule has 2 fully saturated rings. The van der Waals surface area contributed by atoms with Crippen molar-refractivity contribution < 1.29 is 14.6 Å². The Labute approximate surface area is 186 Å². The summed E-state index contributed by atoms with van der Waals surface area (Å²) in [5.74, 6) is 1.37. The number of aliphatic hydroxyl groups excluding tert-OH is 1. The fraction of sp³-hybridized carbons (Fsp3) is 0.538. The summed E-state index contributed by atoms with van der Waals surface area (Å²) >= 11 is 0. The van der Waals surface area contributed by atoms with Gasteiger partial charge in [-0.3, -0.25) is 9.69 Å². The van der Waals surface area contributed by atoms with E-state index >= 15 is 0 Å². The highest BCUT2D eigenvalue weighted by molar-refractivity contribution is 6.01. The fourth-order valence-electron chi connectivity index (χ4n) is 4.28. The average Bonchev–Trinajstić information content (AvgIpc) is 2.79. The Morgan fingerprint density at radius 1 is 1.16 bits per heavy atom. The number of hydrogen-bond donors (Lipinski definition) is 1. The zero-order valence-corrected chi connectivity index (χ0v) is 19.3. The van der Waals surface area contributed by atoms with Gasteiger partial charge < -0.3 is 9.84 Å². The Hall–Kier alpha value is -2.42. The molecule has 1 N–H and O–H groups in total. The third-order valence-corrected chi connectivity index (χ3v) is 5.97. The van der Waals surface area contributed by atoms with E-state index in [2.05, 4.69) is 24.8 Å². The van der Waals surface area contributed by atoms with E-state index in [0.29, 0.717) is 6.04 Å². The number of benzene rings is 2. The summed E-state index contributed by atoms with van der Waals surface area (Å²) in [6, 6.07) is 14.7. The second-order valence-corrected chi connectivity index (χ2v) is 8.28. The molecule has 5 heteroatoms. The van der Waals surface area contributed by atoms with Gasteiger partial charge in [0.1, 0.15) is 5.75 Å². The predicted octanol–water partition coefficient (Wildman–Crippen LogP) is 5.07. The molecule has 1 saturated heterocycles. The number of carbonyl (C=O) groups excluding carboxylic acids is 1. The van der Waals surface area contributed by atoms with Gasteiger partial charge >= 0.3 is 0 Å². The van der Waals surface area contributed by atoms with Crippen molar-refractivity contribution in [1.82, 2.24) is 4.90 Å². The molecule has 0 radical (unpaired) electrons. The van der Waals surface area contributed by atoms with E-state index in [1.54, 1.807) is 7.11 Å². The number of nitriles is 1. The van der Waals surface area contributed by atoms with E-state index in [1.165, 1.54) is 6.42 Å². The minimum absolute atomic E-state index is 0.0700. The van der Waals surface area contributed by atoms with Crippen LogP contribution in [0.3, 0.4) is 0 Å². The topological polar surface area (TPSA) is 73.6 Å². The Kier molecular flexibility index (Phi) is 9.97. The van der Waals surface area contributed by atoms with Crippen molar-refractivity contribution in [2.75, 3.05) is 27.3 Å². The van der Waals surface area contributed by atoms with Gasteiger partial charge in [-0.25, -0.2) is 0 Å². The summed E-state index contributed by atoms with van der Waals surface area (Å²) < 4.78 is 5.27. The van der Waals surface area contributed by atoms with Gasteiger partial charge in [0, 0.05) is 37.1 Å². The number of nitrogens with zero attached hydrogens (tertiary/aromatic N) is 2. The molecule has 31 heavy (non-hydrogen) atoms. The number of ketones is 1. The molecule has 1 atom stereocenters. The van der Waals surface area contributed by atoms with E-state index < -0.39 is 0 Å². The molecule has 5 nitrogen and oxygen atoms in total. The van der Waals surface area contributed by atoms with Gasteiger partial charge in [0.25, 0.3) is 0 Å². The summed E-state index contributed by atoms with van der Waals surface area (Å²) in [5.41, 5.74) is 0.804. The second-order valence-electron chi connectivity index (χ2n) is 8.28. The standard InChI is InChI=1S/C22H24N2O2.C3H8.CH4O/c1-26-21-7-6-16-11-18(5-4-17(16)12-21)22(25)19-3-2-8-24(14-19)20-9-15(10-20)13-23;1-3-2;1-2/h4-7,11-12,15,19-20H,2-3,8-10,14H2,1H3;3H2,1-2H3;2H,1H3. The van der Waals surface area contributed by atoms with Crippen molar-refractivity contribution in [1.29, 1.82) is 5.26 Å². The maximum Gasteiger partial charge on any atom is 0.167 e. The van der Waals surface area contributed by atoms with E-state index in [4.69, 9.17) is 15.1 Å². The van der Waals surface area contributed by atoms with Crippen LogP contribution in [0.15, 0.2) is 36.4 Å².